The Bertz CT molecular complexity index is 735. The number of esters is 1. The zero-order chi connectivity index (χ0) is 13.6. The van der Waals surface area contributed by atoms with Gasteiger partial charge < -0.3 is 4.74 Å². The second kappa shape index (κ2) is 4.19. The minimum atomic E-state index is -0.761. The van der Waals surface area contributed by atoms with E-state index in [-0.39, 0.29) is 18.6 Å². The van der Waals surface area contributed by atoms with Gasteiger partial charge in [-0.15, -0.1) is 0 Å². The first-order chi connectivity index (χ1) is 9.13. The van der Waals surface area contributed by atoms with Crippen LogP contribution >= 0.6 is 0 Å². The van der Waals surface area contributed by atoms with E-state index in [1.54, 1.807) is 19.1 Å². The molecule has 1 aliphatic rings. The Morgan fingerprint density at radius 1 is 1.42 bits per heavy atom. The fourth-order valence-electron chi connectivity index (χ4n) is 2.62. The summed E-state index contributed by atoms with van der Waals surface area (Å²) in [6.45, 7) is 1.93. The summed E-state index contributed by atoms with van der Waals surface area (Å²) in [6.07, 6.45) is 0.168. The van der Waals surface area contributed by atoms with E-state index in [9.17, 15) is 14.0 Å². The minimum absolute atomic E-state index is 0.168. The summed E-state index contributed by atoms with van der Waals surface area (Å²) in [7, 11) is 0. The molecule has 1 aromatic carbocycles. The molecule has 2 aromatic rings. The molecule has 1 aromatic heterocycles. The van der Waals surface area contributed by atoms with Gasteiger partial charge in [0.25, 0.3) is 5.56 Å². The SMILES string of the molecule is CCOC(=O)[C@H]1Cc2c(F)ccc3ccc(=O)n1c23. The molecule has 0 fully saturated rings. The molecule has 0 bridgehead atoms. The highest BCUT2D eigenvalue weighted by Gasteiger charge is 2.33. The van der Waals surface area contributed by atoms with E-state index >= 15 is 0 Å². The Morgan fingerprint density at radius 2 is 2.16 bits per heavy atom. The van der Waals surface area contributed by atoms with Crippen molar-refractivity contribution in [1.29, 1.82) is 0 Å². The highest BCUT2D eigenvalue weighted by atomic mass is 19.1. The number of aromatic nitrogens is 1. The van der Waals surface area contributed by atoms with E-state index in [0.29, 0.717) is 11.1 Å². The number of benzene rings is 1. The predicted molar refractivity (Wildman–Crippen MR) is 67.5 cm³/mol. The fraction of sp³-hybridized carbons (Fsp3) is 0.286. The van der Waals surface area contributed by atoms with Crippen LogP contribution in [0.5, 0.6) is 0 Å². The molecular formula is C14H12FNO3. The van der Waals surface area contributed by atoms with Crippen molar-refractivity contribution < 1.29 is 13.9 Å². The highest BCUT2D eigenvalue weighted by Crippen LogP contribution is 2.32. The van der Waals surface area contributed by atoms with Crippen LogP contribution in [0.25, 0.3) is 10.9 Å². The topological polar surface area (TPSA) is 48.3 Å². The van der Waals surface area contributed by atoms with E-state index in [0.717, 1.165) is 5.39 Å². The van der Waals surface area contributed by atoms with E-state index in [4.69, 9.17) is 4.74 Å². The Hall–Kier alpha value is -2.17. The maximum absolute atomic E-state index is 13.8. The molecule has 19 heavy (non-hydrogen) atoms. The molecule has 0 saturated carbocycles. The molecule has 0 saturated heterocycles. The Morgan fingerprint density at radius 3 is 2.89 bits per heavy atom. The minimum Gasteiger partial charge on any atom is -0.464 e. The molecule has 5 heteroatoms. The predicted octanol–water partition coefficient (Wildman–Crippen LogP) is 1.80. The van der Waals surface area contributed by atoms with Gasteiger partial charge in [0.2, 0.25) is 0 Å². The lowest BCUT2D eigenvalue weighted by molar-refractivity contribution is -0.146. The van der Waals surface area contributed by atoms with Gasteiger partial charge in [0.15, 0.2) is 0 Å². The van der Waals surface area contributed by atoms with Crippen molar-refractivity contribution in [3.63, 3.8) is 0 Å². The molecule has 98 valence electrons. The molecule has 2 heterocycles. The van der Waals surface area contributed by atoms with Crippen molar-refractivity contribution in [3.8, 4) is 0 Å². The van der Waals surface area contributed by atoms with Gasteiger partial charge in [-0.3, -0.25) is 9.36 Å². The second-order valence-corrected chi connectivity index (χ2v) is 4.48. The fourth-order valence-corrected chi connectivity index (χ4v) is 2.62. The van der Waals surface area contributed by atoms with E-state index in [2.05, 4.69) is 0 Å². The number of nitrogens with zero attached hydrogens (tertiary/aromatic N) is 1. The quantitative estimate of drug-likeness (QED) is 0.774. The highest BCUT2D eigenvalue weighted by molar-refractivity contribution is 5.88. The number of hydrogen-bond donors (Lipinski definition) is 0. The van der Waals surface area contributed by atoms with Gasteiger partial charge in [-0.25, -0.2) is 9.18 Å². The first kappa shape index (κ1) is 11.9. The molecule has 0 unspecified atom stereocenters. The molecule has 4 nitrogen and oxygen atoms in total. The number of carbonyl (C=O) groups is 1. The van der Waals surface area contributed by atoms with Gasteiger partial charge in [0.1, 0.15) is 11.9 Å². The standard InChI is InChI=1S/C14H12FNO3/c1-2-19-14(18)11-7-9-10(15)5-3-8-4-6-12(17)16(11)13(8)9/h3-6,11H,2,7H2,1H3/t11-/m1/s1. The number of halogens is 1. The largest absolute Gasteiger partial charge is 0.464 e. The van der Waals surface area contributed by atoms with Crippen LogP contribution < -0.4 is 5.56 Å². The van der Waals surface area contributed by atoms with Crippen molar-refractivity contribution in [2.75, 3.05) is 6.61 Å². The Balaban J connectivity index is 2.27. The molecular weight excluding hydrogens is 249 g/mol. The van der Waals surface area contributed by atoms with Gasteiger partial charge in [0.05, 0.1) is 12.1 Å². The van der Waals surface area contributed by atoms with Crippen LogP contribution in [0.2, 0.25) is 0 Å². The average molecular weight is 261 g/mol. The van der Waals surface area contributed by atoms with Crippen LogP contribution in [-0.4, -0.2) is 17.1 Å². The summed E-state index contributed by atoms with van der Waals surface area (Å²) >= 11 is 0. The maximum Gasteiger partial charge on any atom is 0.329 e. The first-order valence-corrected chi connectivity index (χ1v) is 6.12. The smallest absolute Gasteiger partial charge is 0.329 e. The van der Waals surface area contributed by atoms with Gasteiger partial charge >= 0.3 is 5.97 Å². The number of pyridine rings is 1. The summed E-state index contributed by atoms with van der Waals surface area (Å²) in [4.78, 5) is 23.9. The number of carbonyl (C=O) groups excluding carboxylic acids is 1. The molecule has 3 rings (SSSR count). The van der Waals surface area contributed by atoms with Crippen LogP contribution in [0.3, 0.4) is 0 Å². The first-order valence-electron chi connectivity index (χ1n) is 6.12. The average Bonchev–Trinajstić information content (AvgIpc) is 2.80. The summed E-state index contributed by atoms with van der Waals surface area (Å²) < 4.78 is 20.1. The van der Waals surface area contributed by atoms with Crippen molar-refractivity contribution >= 4 is 16.9 Å². The van der Waals surface area contributed by atoms with Crippen LogP contribution in [-0.2, 0) is 16.0 Å². The molecule has 1 aliphatic heterocycles. The van der Waals surface area contributed by atoms with Gasteiger partial charge in [-0.1, -0.05) is 0 Å². The second-order valence-electron chi connectivity index (χ2n) is 4.48. The van der Waals surface area contributed by atoms with Crippen molar-refractivity contribution in [3.05, 3.63) is 46.0 Å². The molecule has 0 N–H and O–H groups in total. The van der Waals surface area contributed by atoms with Crippen LogP contribution in [0.15, 0.2) is 29.1 Å². The van der Waals surface area contributed by atoms with Crippen LogP contribution in [0.4, 0.5) is 4.39 Å². The van der Waals surface area contributed by atoms with E-state index in [1.807, 2.05) is 0 Å². The maximum atomic E-state index is 13.8. The van der Waals surface area contributed by atoms with Crippen molar-refractivity contribution in [1.82, 2.24) is 4.57 Å². The van der Waals surface area contributed by atoms with Crippen LogP contribution in [0, 0.1) is 5.82 Å². The van der Waals surface area contributed by atoms with E-state index < -0.39 is 17.8 Å². The third-order valence-electron chi connectivity index (χ3n) is 3.41. The van der Waals surface area contributed by atoms with E-state index in [1.165, 1.54) is 16.7 Å². The van der Waals surface area contributed by atoms with Crippen molar-refractivity contribution in [2.24, 2.45) is 0 Å². The summed E-state index contributed by atoms with van der Waals surface area (Å²) in [6, 6.07) is 5.24. The third-order valence-corrected chi connectivity index (χ3v) is 3.41. The van der Waals surface area contributed by atoms with Gasteiger partial charge in [-0.2, -0.15) is 0 Å². The lowest BCUT2D eigenvalue weighted by Crippen LogP contribution is -2.28. The number of ether oxygens (including phenoxy) is 1. The van der Waals surface area contributed by atoms with Gasteiger partial charge in [-0.05, 0) is 30.5 Å². The molecule has 0 amide bonds. The zero-order valence-electron chi connectivity index (χ0n) is 10.4. The molecule has 1 atom stereocenters. The lowest BCUT2D eigenvalue weighted by Gasteiger charge is -2.12. The van der Waals surface area contributed by atoms with Gasteiger partial charge in [0, 0.05) is 18.1 Å². The molecule has 0 radical (unpaired) electrons. The number of rotatable bonds is 2. The number of hydrogen-bond acceptors (Lipinski definition) is 3. The third kappa shape index (κ3) is 1.65. The lowest BCUT2D eigenvalue weighted by atomic mass is 10.1. The summed E-state index contributed by atoms with van der Waals surface area (Å²) in [5.41, 5.74) is 0.605. The molecule has 0 aliphatic carbocycles. The Kier molecular flexibility index (Phi) is 2.62. The Labute approximate surface area is 108 Å². The monoisotopic (exact) mass is 261 g/mol. The molecule has 0 spiro atoms. The van der Waals surface area contributed by atoms with Crippen molar-refractivity contribution in [2.45, 2.75) is 19.4 Å². The summed E-state index contributed by atoms with van der Waals surface area (Å²) in [5.74, 6) is -0.883. The normalized spacial score (nSPS) is 16.8. The van der Waals surface area contributed by atoms with Crippen LogP contribution in [0.1, 0.15) is 18.5 Å². The zero-order valence-corrected chi connectivity index (χ0v) is 10.4. The summed E-state index contributed by atoms with van der Waals surface area (Å²) in [5, 5.41) is 0.753.